The lowest BCUT2D eigenvalue weighted by molar-refractivity contribution is 0.0931. The van der Waals surface area contributed by atoms with Crippen molar-refractivity contribution in [1.29, 1.82) is 5.26 Å². The monoisotopic (exact) mass is 407 g/mol. The molecule has 0 spiro atoms. The van der Waals surface area contributed by atoms with E-state index < -0.39 is 5.82 Å². The minimum atomic E-state index is -0.429. The zero-order valence-electron chi connectivity index (χ0n) is 17.1. The van der Waals surface area contributed by atoms with Crippen LogP contribution in [0.25, 0.3) is 0 Å². The number of carbonyl (C=O) groups excluding carboxylic acids is 1. The first-order valence-corrected chi connectivity index (χ1v) is 10.1. The van der Waals surface area contributed by atoms with Gasteiger partial charge in [0.1, 0.15) is 5.82 Å². The molecular formula is C23H26FN5O. The number of carbonyl (C=O) groups is 1. The van der Waals surface area contributed by atoms with E-state index in [2.05, 4.69) is 32.7 Å². The third kappa shape index (κ3) is 4.95. The minimum absolute atomic E-state index is 0.245. The fourth-order valence-corrected chi connectivity index (χ4v) is 3.91. The van der Waals surface area contributed by atoms with Crippen molar-refractivity contribution in [2.24, 2.45) is 4.99 Å². The third-order valence-corrected chi connectivity index (χ3v) is 5.56. The average Bonchev–Trinajstić information content (AvgIpc) is 2.78. The van der Waals surface area contributed by atoms with Crippen LogP contribution in [0.5, 0.6) is 0 Å². The van der Waals surface area contributed by atoms with Gasteiger partial charge in [0.15, 0.2) is 6.19 Å². The molecule has 0 aliphatic carbocycles. The van der Waals surface area contributed by atoms with Gasteiger partial charge in [-0.1, -0.05) is 36.4 Å². The minimum Gasteiger partial charge on any atom is -0.351 e. The first-order chi connectivity index (χ1) is 14.6. The van der Waals surface area contributed by atoms with Gasteiger partial charge in [-0.15, -0.1) is 0 Å². The highest BCUT2D eigenvalue weighted by molar-refractivity contribution is 5.94. The van der Waals surface area contributed by atoms with Crippen LogP contribution in [0.15, 0.2) is 59.6 Å². The lowest BCUT2D eigenvalue weighted by atomic mass is 9.72. The SMILES string of the molecule is CCN=C(NC#N)N1CCC(CNC(=O)c2cccc(F)c2)(c2ccccc2)CC1. The number of guanidine groups is 1. The molecule has 2 aromatic carbocycles. The van der Waals surface area contributed by atoms with Gasteiger partial charge in [-0.3, -0.25) is 15.1 Å². The molecule has 2 aromatic rings. The quantitative estimate of drug-likeness (QED) is 0.346. The van der Waals surface area contributed by atoms with Crippen LogP contribution in [0.2, 0.25) is 0 Å². The largest absolute Gasteiger partial charge is 0.351 e. The van der Waals surface area contributed by atoms with Crippen molar-refractivity contribution in [3.05, 3.63) is 71.5 Å². The van der Waals surface area contributed by atoms with Crippen LogP contribution >= 0.6 is 0 Å². The van der Waals surface area contributed by atoms with Crippen molar-refractivity contribution in [2.75, 3.05) is 26.2 Å². The standard InChI is InChI=1S/C23H26FN5O/c1-2-26-22(28-17-25)29-13-11-23(12-14-29,19-8-4-3-5-9-19)16-27-21(30)18-7-6-10-20(24)15-18/h3-10,15H,2,11-14,16H2,1H3,(H,26,28)(H,27,30). The topological polar surface area (TPSA) is 80.5 Å². The van der Waals surface area contributed by atoms with Crippen LogP contribution in [0.1, 0.15) is 35.7 Å². The number of halogens is 1. The number of nitrogens with zero attached hydrogens (tertiary/aromatic N) is 3. The number of nitrogens with one attached hydrogen (secondary N) is 2. The zero-order valence-corrected chi connectivity index (χ0v) is 17.1. The highest BCUT2D eigenvalue weighted by Crippen LogP contribution is 2.35. The van der Waals surface area contributed by atoms with Crippen LogP contribution in [0, 0.1) is 17.3 Å². The predicted octanol–water partition coefficient (Wildman–Crippen LogP) is 3.04. The Morgan fingerprint density at radius 2 is 1.93 bits per heavy atom. The van der Waals surface area contributed by atoms with Gasteiger partial charge in [0.25, 0.3) is 5.91 Å². The molecule has 1 fully saturated rings. The van der Waals surface area contributed by atoms with Crippen molar-refractivity contribution in [2.45, 2.75) is 25.2 Å². The van der Waals surface area contributed by atoms with E-state index in [4.69, 9.17) is 5.26 Å². The summed E-state index contributed by atoms with van der Waals surface area (Å²) in [6.07, 6.45) is 3.53. The number of piperidine rings is 1. The summed E-state index contributed by atoms with van der Waals surface area (Å²) >= 11 is 0. The molecule has 1 aliphatic heterocycles. The molecule has 0 atom stereocenters. The van der Waals surface area contributed by atoms with Crippen LogP contribution in [0.4, 0.5) is 4.39 Å². The summed E-state index contributed by atoms with van der Waals surface area (Å²) in [5, 5.41) is 14.7. The molecule has 0 unspecified atom stereocenters. The van der Waals surface area contributed by atoms with Gasteiger partial charge < -0.3 is 10.2 Å². The second kappa shape index (κ2) is 9.88. The Labute approximate surface area is 176 Å². The summed E-state index contributed by atoms with van der Waals surface area (Å²) in [5.41, 5.74) is 1.22. The molecular weight excluding hydrogens is 381 g/mol. The number of hydrogen-bond acceptors (Lipinski definition) is 3. The van der Waals surface area contributed by atoms with Gasteiger partial charge >= 0.3 is 0 Å². The van der Waals surface area contributed by atoms with E-state index in [9.17, 15) is 9.18 Å². The van der Waals surface area contributed by atoms with Crippen molar-refractivity contribution in [3.8, 4) is 6.19 Å². The number of rotatable bonds is 5. The molecule has 6 nitrogen and oxygen atoms in total. The summed E-state index contributed by atoms with van der Waals surface area (Å²) in [7, 11) is 0. The molecule has 0 saturated carbocycles. The summed E-state index contributed by atoms with van der Waals surface area (Å²) in [6.45, 7) is 4.38. The third-order valence-electron chi connectivity index (χ3n) is 5.56. The second-order valence-electron chi connectivity index (χ2n) is 7.36. The van der Waals surface area contributed by atoms with Gasteiger partial charge in [-0.05, 0) is 43.5 Å². The highest BCUT2D eigenvalue weighted by Gasteiger charge is 2.37. The number of amides is 1. The highest BCUT2D eigenvalue weighted by atomic mass is 19.1. The van der Waals surface area contributed by atoms with Gasteiger partial charge in [-0.25, -0.2) is 4.39 Å². The molecule has 1 saturated heterocycles. The number of nitriles is 1. The number of likely N-dealkylation sites (tertiary alicyclic amines) is 1. The van der Waals surface area contributed by atoms with Crippen molar-refractivity contribution in [1.82, 2.24) is 15.5 Å². The van der Waals surface area contributed by atoms with E-state index in [1.807, 2.05) is 31.3 Å². The van der Waals surface area contributed by atoms with Gasteiger partial charge in [0, 0.05) is 37.2 Å². The molecule has 1 heterocycles. The normalized spacial score (nSPS) is 15.9. The Morgan fingerprint density at radius 3 is 2.57 bits per heavy atom. The maximum absolute atomic E-state index is 13.5. The van der Waals surface area contributed by atoms with E-state index in [1.165, 1.54) is 18.2 Å². The average molecular weight is 407 g/mol. The van der Waals surface area contributed by atoms with Gasteiger partial charge in [0.05, 0.1) is 0 Å². The molecule has 156 valence electrons. The second-order valence-corrected chi connectivity index (χ2v) is 7.36. The number of hydrogen-bond donors (Lipinski definition) is 2. The van der Waals surface area contributed by atoms with Crippen LogP contribution < -0.4 is 10.6 Å². The fraction of sp³-hybridized carbons (Fsp3) is 0.348. The summed E-state index contributed by atoms with van der Waals surface area (Å²) in [5.74, 6) is -0.126. The first kappa shape index (κ1) is 21.3. The molecule has 1 aliphatic rings. The Morgan fingerprint density at radius 1 is 1.20 bits per heavy atom. The Hall–Kier alpha value is -3.40. The van der Waals surface area contributed by atoms with Crippen molar-refractivity contribution in [3.63, 3.8) is 0 Å². The maximum Gasteiger partial charge on any atom is 0.251 e. The van der Waals surface area contributed by atoms with Gasteiger partial charge in [-0.2, -0.15) is 5.26 Å². The van der Waals surface area contributed by atoms with Gasteiger partial charge in [0.2, 0.25) is 5.96 Å². The molecule has 1 amide bonds. The molecule has 0 aromatic heterocycles. The predicted molar refractivity (Wildman–Crippen MR) is 114 cm³/mol. The van der Waals surface area contributed by atoms with E-state index in [-0.39, 0.29) is 11.3 Å². The number of aliphatic imine (C=N–C) groups is 1. The lowest BCUT2D eigenvalue weighted by Gasteiger charge is -2.43. The van der Waals surface area contributed by atoms with Crippen LogP contribution in [-0.2, 0) is 5.41 Å². The number of benzene rings is 2. The zero-order chi connectivity index (χ0) is 21.4. The lowest BCUT2D eigenvalue weighted by Crippen LogP contribution is -2.52. The Balaban J connectivity index is 1.76. The maximum atomic E-state index is 13.5. The smallest absolute Gasteiger partial charge is 0.251 e. The molecule has 0 radical (unpaired) electrons. The Bertz CT molecular complexity index is 930. The fourth-order valence-electron chi connectivity index (χ4n) is 3.91. The molecule has 0 bridgehead atoms. The molecule has 3 rings (SSSR count). The van der Waals surface area contributed by atoms with Crippen LogP contribution in [0.3, 0.4) is 0 Å². The van der Waals surface area contributed by atoms with E-state index in [0.29, 0.717) is 37.7 Å². The molecule has 7 heteroatoms. The van der Waals surface area contributed by atoms with Crippen molar-refractivity contribution < 1.29 is 9.18 Å². The first-order valence-electron chi connectivity index (χ1n) is 10.1. The van der Waals surface area contributed by atoms with E-state index in [0.717, 1.165) is 18.4 Å². The summed E-state index contributed by atoms with van der Waals surface area (Å²) in [6, 6.07) is 15.8. The van der Waals surface area contributed by atoms with E-state index >= 15 is 0 Å². The Kier molecular flexibility index (Phi) is 7.02. The van der Waals surface area contributed by atoms with E-state index in [1.54, 1.807) is 6.07 Å². The molecule has 30 heavy (non-hydrogen) atoms. The summed E-state index contributed by atoms with van der Waals surface area (Å²) in [4.78, 5) is 19.1. The van der Waals surface area contributed by atoms with Crippen LogP contribution in [-0.4, -0.2) is 42.9 Å². The summed E-state index contributed by atoms with van der Waals surface area (Å²) < 4.78 is 13.5. The molecule has 2 N–H and O–H groups in total. The van der Waals surface area contributed by atoms with Crippen molar-refractivity contribution >= 4 is 11.9 Å².